The highest BCUT2D eigenvalue weighted by atomic mass is 32.2. The number of hydrogen-bond donors (Lipinski definition) is 1. The lowest BCUT2D eigenvalue weighted by Gasteiger charge is -2.06. The number of rotatable bonds is 6. The van der Waals surface area contributed by atoms with E-state index in [1.165, 1.54) is 0 Å². The van der Waals surface area contributed by atoms with Crippen LogP contribution in [0.15, 0.2) is 59.6 Å². The molecule has 4 nitrogen and oxygen atoms in total. The fraction of sp³-hybridized carbons (Fsp3) is 0.158. The molecular formula is C19H17NO3S. The average Bonchev–Trinajstić information content (AvgIpc) is 2.99. The maximum atomic E-state index is 12.7. The predicted molar refractivity (Wildman–Crippen MR) is 95.8 cm³/mol. The van der Waals surface area contributed by atoms with E-state index < -0.39 is 5.97 Å². The summed E-state index contributed by atoms with van der Waals surface area (Å²) in [6.45, 7) is 0. The van der Waals surface area contributed by atoms with Crippen molar-refractivity contribution in [2.24, 2.45) is 0 Å². The molecule has 0 spiro atoms. The molecule has 1 N–H and O–H groups in total. The molecule has 0 bridgehead atoms. The molecule has 0 aliphatic carbocycles. The van der Waals surface area contributed by atoms with Gasteiger partial charge >= 0.3 is 5.97 Å². The molecule has 122 valence electrons. The first-order valence-corrected chi connectivity index (χ1v) is 8.82. The van der Waals surface area contributed by atoms with Gasteiger partial charge in [-0.25, -0.2) is 0 Å². The standard InChI is InChI=1S/C19H17NO3S/c1-24-15-7-5-13(6-8-15)16-12-14-4-2-3-11-20(14)19(16)17(21)9-10-18(22)23/h2-8,11-12H,9-10H2,1H3,(H,22,23). The Morgan fingerprint density at radius 3 is 2.50 bits per heavy atom. The van der Waals surface area contributed by atoms with Crippen LogP contribution in [-0.4, -0.2) is 27.5 Å². The Labute approximate surface area is 144 Å². The molecule has 0 aliphatic rings. The van der Waals surface area contributed by atoms with Crippen LogP contribution in [0.25, 0.3) is 16.6 Å². The third kappa shape index (κ3) is 3.21. The van der Waals surface area contributed by atoms with E-state index in [-0.39, 0.29) is 18.6 Å². The SMILES string of the molecule is CSc1ccc(-c2cc3ccccn3c2C(=O)CCC(=O)O)cc1. The second kappa shape index (κ2) is 6.93. The van der Waals surface area contributed by atoms with Crippen molar-refractivity contribution in [2.45, 2.75) is 17.7 Å². The van der Waals surface area contributed by atoms with Gasteiger partial charge in [0.15, 0.2) is 5.78 Å². The highest BCUT2D eigenvalue weighted by Crippen LogP contribution is 2.30. The largest absolute Gasteiger partial charge is 0.481 e. The third-order valence-electron chi connectivity index (χ3n) is 3.91. The zero-order chi connectivity index (χ0) is 17.1. The summed E-state index contributed by atoms with van der Waals surface area (Å²) < 4.78 is 1.84. The van der Waals surface area contributed by atoms with Gasteiger partial charge in [0, 0.05) is 28.6 Å². The van der Waals surface area contributed by atoms with E-state index >= 15 is 0 Å². The fourth-order valence-corrected chi connectivity index (χ4v) is 3.15. The van der Waals surface area contributed by atoms with Crippen LogP contribution in [0.3, 0.4) is 0 Å². The number of carboxylic acid groups (broad SMARTS) is 1. The summed E-state index contributed by atoms with van der Waals surface area (Å²) in [5.74, 6) is -1.12. The molecule has 24 heavy (non-hydrogen) atoms. The molecule has 3 rings (SSSR count). The van der Waals surface area contributed by atoms with E-state index in [0.29, 0.717) is 5.69 Å². The van der Waals surface area contributed by atoms with Gasteiger partial charge < -0.3 is 9.51 Å². The van der Waals surface area contributed by atoms with E-state index in [0.717, 1.165) is 21.5 Å². The Morgan fingerprint density at radius 1 is 1.08 bits per heavy atom. The quantitative estimate of drug-likeness (QED) is 0.535. The smallest absolute Gasteiger partial charge is 0.303 e. The van der Waals surface area contributed by atoms with Gasteiger partial charge in [0.2, 0.25) is 0 Å². The first-order chi connectivity index (χ1) is 11.6. The van der Waals surface area contributed by atoms with Crippen LogP contribution in [0, 0.1) is 0 Å². The second-order valence-corrected chi connectivity index (χ2v) is 6.33. The number of aliphatic carboxylic acids is 1. The van der Waals surface area contributed by atoms with Gasteiger partial charge in [-0.2, -0.15) is 0 Å². The number of fused-ring (bicyclic) bond motifs is 1. The summed E-state index contributed by atoms with van der Waals surface area (Å²) in [6.07, 6.45) is 3.68. The van der Waals surface area contributed by atoms with Crippen molar-refractivity contribution in [2.75, 3.05) is 6.26 Å². The number of nitrogens with zero attached hydrogens (tertiary/aromatic N) is 1. The number of carbonyl (C=O) groups excluding carboxylic acids is 1. The third-order valence-corrected chi connectivity index (χ3v) is 4.65. The van der Waals surface area contributed by atoms with Crippen LogP contribution < -0.4 is 0 Å². The molecule has 5 heteroatoms. The molecule has 0 saturated heterocycles. The number of carboxylic acids is 1. The molecule has 2 aromatic heterocycles. The number of hydrogen-bond acceptors (Lipinski definition) is 3. The molecule has 3 aromatic rings. The van der Waals surface area contributed by atoms with Crippen LogP contribution in [0.4, 0.5) is 0 Å². The number of pyridine rings is 1. The number of ketones is 1. The van der Waals surface area contributed by atoms with Crippen LogP contribution in [0.1, 0.15) is 23.3 Å². The Balaban J connectivity index is 2.10. The molecule has 0 radical (unpaired) electrons. The molecule has 1 aromatic carbocycles. The van der Waals surface area contributed by atoms with Crippen molar-refractivity contribution in [1.82, 2.24) is 4.40 Å². The number of thioether (sulfide) groups is 1. The van der Waals surface area contributed by atoms with Gasteiger partial charge in [0.25, 0.3) is 0 Å². The summed E-state index contributed by atoms with van der Waals surface area (Å²) in [4.78, 5) is 24.6. The number of Topliss-reactive ketones (excluding diaryl/α,β-unsaturated/α-hetero) is 1. The molecule has 0 amide bonds. The van der Waals surface area contributed by atoms with Gasteiger partial charge in [-0.3, -0.25) is 9.59 Å². The minimum atomic E-state index is -0.963. The Hall–Kier alpha value is -2.53. The van der Waals surface area contributed by atoms with Gasteiger partial charge in [-0.15, -0.1) is 11.8 Å². The number of aromatic nitrogens is 1. The lowest BCUT2D eigenvalue weighted by Crippen LogP contribution is -2.08. The van der Waals surface area contributed by atoms with Crippen LogP contribution >= 0.6 is 11.8 Å². The van der Waals surface area contributed by atoms with Gasteiger partial charge in [-0.1, -0.05) is 18.2 Å². The van der Waals surface area contributed by atoms with Crippen molar-refractivity contribution in [1.29, 1.82) is 0 Å². The molecule has 2 heterocycles. The maximum Gasteiger partial charge on any atom is 0.303 e. The second-order valence-electron chi connectivity index (χ2n) is 5.45. The first kappa shape index (κ1) is 16.3. The lowest BCUT2D eigenvalue weighted by atomic mass is 10.0. The molecule has 0 fully saturated rings. The van der Waals surface area contributed by atoms with Crippen LogP contribution in [0.5, 0.6) is 0 Å². The van der Waals surface area contributed by atoms with E-state index in [1.54, 1.807) is 11.8 Å². The predicted octanol–water partition coefficient (Wildman–Crippen LogP) is 4.38. The zero-order valence-electron chi connectivity index (χ0n) is 13.2. The Bertz CT molecular complexity index is 897. The molecule has 0 saturated carbocycles. The summed E-state index contributed by atoms with van der Waals surface area (Å²) >= 11 is 1.66. The van der Waals surface area contributed by atoms with Crippen molar-refractivity contribution in [3.8, 4) is 11.1 Å². The minimum absolute atomic E-state index is 0.00770. The topological polar surface area (TPSA) is 58.8 Å². The van der Waals surface area contributed by atoms with Crippen LogP contribution in [0.2, 0.25) is 0 Å². The lowest BCUT2D eigenvalue weighted by molar-refractivity contribution is -0.136. The number of carbonyl (C=O) groups is 2. The van der Waals surface area contributed by atoms with Crippen molar-refractivity contribution < 1.29 is 14.7 Å². The van der Waals surface area contributed by atoms with E-state index in [2.05, 4.69) is 0 Å². The van der Waals surface area contributed by atoms with Crippen LogP contribution in [-0.2, 0) is 4.79 Å². The minimum Gasteiger partial charge on any atom is -0.481 e. The monoisotopic (exact) mass is 339 g/mol. The van der Waals surface area contributed by atoms with Crippen molar-refractivity contribution >= 4 is 29.0 Å². The van der Waals surface area contributed by atoms with Gasteiger partial charge in [-0.05, 0) is 42.2 Å². The zero-order valence-corrected chi connectivity index (χ0v) is 14.0. The van der Waals surface area contributed by atoms with E-state index in [4.69, 9.17) is 5.11 Å². The molecule has 0 unspecified atom stereocenters. The molecule has 0 aliphatic heterocycles. The summed E-state index contributed by atoms with van der Waals surface area (Å²) in [5, 5.41) is 8.86. The highest BCUT2D eigenvalue weighted by molar-refractivity contribution is 7.98. The first-order valence-electron chi connectivity index (χ1n) is 7.59. The summed E-state index contributed by atoms with van der Waals surface area (Å²) in [7, 11) is 0. The van der Waals surface area contributed by atoms with E-state index in [1.807, 2.05) is 65.4 Å². The Kier molecular flexibility index (Phi) is 4.71. The molecular weight excluding hydrogens is 322 g/mol. The average molecular weight is 339 g/mol. The normalized spacial score (nSPS) is 10.9. The van der Waals surface area contributed by atoms with Crippen molar-refractivity contribution in [3.63, 3.8) is 0 Å². The Morgan fingerprint density at radius 2 is 1.83 bits per heavy atom. The molecule has 0 atom stereocenters. The fourth-order valence-electron chi connectivity index (χ4n) is 2.74. The summed E-state index contributed by atoms with van der Waals surface area (Å²) in [6, 6.07) is 15.7. The van der Waals surface area contributed by atoms with E-state index in [9.17, 15) is 9.59 Å². The van der Waals surface area contributed by atoms with Gasteiger partial charge in [0.1, 0.15) is 0 Å². The van der Waals surface area contributed by atoms with Gasteiger partial charge in [0.05, 0.1) is 12.1 Å². The number of benzene rings is 1. The summed E-state index contributed by atoms with van der Waals surface area (Å²) in [5.41, 5.74) is 3.25. The maximum absolute atomic E-state index is 12.7. The van der Waals surface area contributed by atoms with Crippen molar-refractivity contribution in [3.05, 3.63) is 60.4 Å². The highest BCUT2D eigenvalue weighted by Gasteiger charge is 2.19.